The summed E-state index contributed by atoms with van der Waals surface area (Å²) in [6.07, 6.45) is 2.23. The Morgan fingerprint density at radius 3 is 2.79 bits per heavy atom. The van der Waals surface area contributed by atoms with Gasteiger partial charge < -0.3 is 20.1 Å². The number of nitrogens with zero attached hydrogens (tertiary/aromatic N) is 4. The zero-order valence-corrected chi connectivity index (χ0v) is 18.0. The van der Waals surface area contributed by atoms with E-state index in [0.717, 1.165) is 44.0 Å². The molecular weight excluding hydrogens is 376 g/mol. The minimum absolute atomic E-state index is 0.325. The topological polar surface area (TPSA) is 78.6 Å². The maximum absolute atomic E-state index is 6.02. The van der Waals surface area contributed by atoms with Crippen molar-refractivity contribution in [2.45, 2.75) is 46.2 Å². The third-order valence-corrected chi connectivity index (χ3v) is 4.81. The first-order valence-corrected chi connectivity index (χ1v) is 10.2. The highest BCUT2D eigenvalue weighted by molar-refractivity contribution is 6.30. The SMILES string of the molecule is CCN(CC)CCCC(C)NC(=NC)NCc1nc(-c2cccc(Cl)c2)no1. The highest BCUT2D eigenvalue weighted by atomic mass is 35.5. The van der Waals surface area contributed by atoms with Crippen molar-refractivity contribution in [3.63, 3.8) is 0 Å². The van der Waals surface area contributed by atoms with Crippen LogP contribution in [0, 0.1) is 0 Å². The Labute approximate surface area is 172 Å². The van der Waals surface area contributed by atoms with Crippen molar-refractivity contribution in [2.24, 2.45) is 4.99 Å². The van der Waals surface area contributed by atoms with Gasteiger partial charge >= 0.3 is 0 Å². The average molecular weight is 407 g/mol. The van der Waals surface area contributed by atoms with Gasteiger partial charge in [-0.15, -0.1) is 0 Å². The number of hydrogen-bond acceptors (Lipinski definition) is 5. The lowest BCUT2D eigenvalue weighted by atomic mass is 10.2. The molecule has 2 aromatic rings. The Morgan fingerprint density at radius 2 is 2.11 bits per heavy atom. The van der Waals surface area contributed by atoms with Crippen LogP contribution >= 0.6 is 11.6 Å². The summed E-state index contributed by atoms with van der Waals surface area (Å²) in [4.78, 5) is 11.1. The normalized spacial score (nSPS) is 13.0. The fourth-order valence-corrected chi connectivity index (χ4v) is 3.08. The first kappa shape index (κ1) is 22.2. The van der Waals surface area contributed by atoms with Crippen molar-refractivity contribution in [1.82, 2.24) is 25.7 Å². The lowest BCUT2D eigenvalue weighted by Crippen LogP contribution is -2.42. The molecule has 154 valence electrons. The standard InChI is InChI=1S/C20H31ClN6O/c1-5-27(6-2)12-8-9-15(3)24-20(22-4)23-14-18-25-19(26-28-18)16-10-7-11-17(21)13-16/h7,10-11,13,15H,5-6,8-9,12,14H2,1-4H3,(H2,22,23,24). The zero-order valence-electron chi connectivity index (χ0n) is 17.2. The van der Waals surface area contributed by atoms with Crippen molar-refractivity contribution in [3.05, 3.63) is 35.2 Å². The lowest BCUT2D eigenvalue weighted by Gasteiger charge is -2.21. The quantitative estimate of drug-likeness (QED) is 0.464. The molecule has 1 aromatic heterocycles. The van der Waals surface area contributed by atoms with Crippen LogP contribution in [0.5, 0.6) is 0 Å². The van der Waals surface area contributed by atoms with Gasteiger partial charge in [0.25, 0.3) is 0 Å². The van der Waals surface area contributed by atoms with Crippen LogP contribution in [-0.2, 0) is 6.54 Å². The summed E-state index contributed by atoms with van der Waals surface area (Å²) in [6.45, 7) is 10.3. The first-order chi connectivity index (χ1) is 13.5. The molecule has 0 saturated carbocycles. The predicted octanol–water partition coefficient (Wildman–Crippen LogP) is 3.57. The molecule has 1 atom stereocenters. The minimum atomic E-state index is 0.325. The van der Waals surface area contributed by atoms with Crippen LogP contribution in [0.2, 0.25) is 5.02 Å². The van der Waals surface area contributed by atoms with Gasteiger partial charge in [-0.25, -0.2) is 0 Å². The van der Waals surface area contributed by atoms with Crippen molar-refractivity contribution in [3.8, 4) is 11.4 Å². The van der Waals surface area contributed by atoms with E-state index in [1.165, 1.54) is 0 Å². The minimum Gasteiger partial charge on any atom is -0.354 e. The molecule has 28 heavy (non-hydrogen) atoms. The Balaban J connectivity index is 1.79. The smallest absolute Gasteiger partial charge is 0.246 e. The van der Waals surface area contributed by atoms with E-state index >= 15 is 0 Å². The van der Waals surface area contributed by atoms with Crippen LogP contribution in [-0.4, -0.2) is 53.7 Å². The van der Waals surface area contributed by atoms with E-state index in [4.69, 9.17) is 16.1 Å². The Kier molecular flexibility index (Phi) is 9.23. The summed E-state index contributed by atoms with van der Waals surface area (Å²) in [5.74, 6) is 1.73. The molecule has 0 fully saturated rings. The van der Waals surface area contributed by atoms with Gasteiger partial charge in [0.2, 0.25) is 11.7 Å². The number of hydrogen-bond donors (Lipinski definition) is 2. The number of aromatic nitrogens is 2. The molecule has 1 aromatic carbocycles. The van der Waals surface area contributed by atoms with Gasteiger partial charge in [0.1, 0.15) is 0 Å². The molecule has 1 heterocycles. The predicted molar refractivity (Wildman–Crippen MR) is 115 cm³/mol. The molecule has 0 amide bonds. The van der Waals surface area contributed by atoms with Crippen molar-refractivity contribution in [1.29, 1.82) is 0 Å². The second-order valence-electron chi connectivity index (χ2n) is 6.66. The van der Waals surface area contributed by atoms with Crippen molar-refractivity contribution < 1.29 is 4.52 Å². The fraction of sp³-hybridized carbons (Fsp3) is 0.550. The molecule has 7 nitrogen and oxygen atoms in total. The van der Waals surface area contributed by atoms with Gasteiger partial charge in [-0.2, -0.15) is 4.98 Å². The number of halogens is 1. The summed E-state index contributed by atoms with van der Waals surface area (Å²) in [7, 11) is 1.75. The van der Waals surface area contributed by atoms with Crippen LogP contribution in [0.4, 0.5) is 0 Å². The largest absolute Gasteiger partial charge is 0.354 e. The molecule has 8 heteroatoms. The monoisotopic (exact) mass is 406 g/mol. The van der Waals surface area contributed by atoms with Gasteiger partial charge in [0.15, 0.2) is 5.96 Å². The zero-order chi connectivity index (χ0) is 20.4. The summed E-state index contributed by atoms with van der Waals surface area (Å²) < 4.78 is 5.32. The molecule has 0 saturated heterocycles. The van der Waals surface area contributed by atoms with E-state index in [1.807, 2.05) is 24.3 Å². The molecule has 0 aliphatic carbocycles. The second-order valence-corrected chi connectivity index (χ2v) is 7.10. The third-order valence-electron chi connectivity index (χ3n) is 4.57. The molecular formula is C20H31ClN6O. The fourth-order valence-electron chi connectivity index (χ4n) is 2.89. The number of benzene rings is 1. The number of guanidine groups is 1. The van der Waals surface area contributed by atoms with Crippen LogP contribution < -0.4 is 10.6 Å². The molecule has 0 bridgehead atoms. The van der Waals surface area contributed by atoms with Gasteiger partial charge in [-0.1, -0.05) is 42.7 Å². The maximum atomic E-state index is 6.02. The summed E-state index contributed by atoms with van der Waals surface area (Å²) in [6, 6.07) is 7.70. The van der Waals surface area contributed by atoms with Crippen LogP contribution in [0.25, 0.3) is 11.4 Å². The molecule has 1 unspecified atom stereocenters. The highest BCUT2D eigenvalue weighted by Crippen LogP contribution is 2.19. The van der Waals surface area contributed by atoms with Crippen LogP contribution in [0.1, 0.15) is 39.5 Å². The van der Waals surface area contributed by atoms with E-state index in [-0.39, 0.29) is 0 Å². The van der Waals surface area contributed by atoms with Gasteiger partial charge in [-0.3, -0.25) is 4.99 Å². The Morgan fingerprint density at radius 1 is 1.32 bits per heavy atom. The number of nitrogens with one attached hydrogen (secondary N) is 2. The van der Waals surface area contributed by atoms with Gasteiger partial charge in [0.05, 0.1) is 6.54 Å². The van der Waals surface area contributed by atoms with Crippen molar-refractivity contribution >= 4 is 17.6 Å². The van der Waals surface area contributed by atoms with Crippen LogP contribution in [0.3, 0.4) is 0 Å². The lowest BCUT2D eigenvalue weighted by molar-refractivity contribution is 0.292. The van der Waals surface area contributed by atoms with E-state index < -0.39 is 0 Å². The molecule has 0 radical (unpaired) electrons. The van der Waals surface area contributed by atoms with Crippen molar-refractivity contribution in [2.75, 3.05) is 26.7 Å². The second kappa shape index (κ2) is 11.7. The summed E-state index contributed by atoms with van der Waals surface area (Å²) >= 11 is 6.02. The molecule has 2 N–H and O–H groups in total. The first-order valence-electron chi connectivity index (χ1n) is 9.83. The van der Waals surface area contributed by atoms with Gasteiger partial charge in [-0.05, 0) is 51.5 Å². The van der Waals surface area contributed by atoms with E-state index in [9.17, 15) is 0 Å². The van der Waals surface area contributed by atoms with E-state index in [1.54, 1.807) is 7.05 Å². The number of rotatable bonds is 10. The molecule has 0 aliphatic heterocycles. The Bertz CT molecular complexity index is 744. The summed E-state index contributed by atoms with van der Waals surface area (Å²) in [5.41, 5.74) is 0.826. The van der Waals surface area contributed by atoms with E-state index in [0.29, 0.717) is 29.3 Å². The van der Waals surface area contributed by atoms with E-state index in [2.05, 4.69) is 51.4 Å². The molecule has 0 aliphatic rings. The maximum Gasteiger partial charge on any atom is 0.246 e. The third kappa shape index (κ3) is 7.13. The molecule has 0 spiro atoms. The van der Waals surface area contributed by atoms with Gasteiger partial charge in [0, 0.05) is 23.7 Å². The average Bonchev–Trinajstić information content (AvgIpc) is 3.17. The Hall–Kier alpha value is -2.12. The highest BCUT2D eigenvalue weighted by Gasteiger charge is 2.11. The number of aliphatic imine (C=N–C) groups is 1. The molecule has 2 rings (SSSR count). The summed E-state index contributed by atoms with van der Waals surface area (Å²) in [5, 5.41) is 11.3. The van der Waals surface area contributed by atoms with Crippen LogP contribution in [0.15, 0.2) is 33.8 Å².